The van der Waals surface area contributed by atoms with Gasteiger partial charge in [0.25, 0.3) is 0 Å². The average molecular weight is 349 g/mol. The lowest BCUT2D eigenvalue weighted by Gasteiger charge is -2.21. The summed E-state index contributed by atoms with van der Waals surface area (Å²) in [6.07, 6.45) is 0.630. The molecule has 128 valence electrons. The highest BCUT2D eigenvalue weighted by Gasteiger charge is 2.33. The van der Waals surface area contributed by atoms with Crippen molar-refractivity contribution in [1.29, 1.82) is 0 Å². The van der Waals surface area contributed by atoms with Crippen molar-refractivity contribution < 1.29 is 17.7 Å². The molecule has 2 aromatic rings. The molecular formula is C16H19N3O4S. The number of nitrogens with one attached hydrogen (secondary N) is 1. The molecule has 1 aromatic heterocycles. The van der Waals surface area contributed by atoms with Gasteiger partial charge in [0.15, 0.2) is 0 Å². The Bertz CT molecular complexity index is 869. The first-order chi connectivity index (χ1) is 11.3. The molecule has 7 nitrogen and oxygen atoms in total. The molecule has 0 unspecified atom stereocenters. The molecule has 1 amide bonds. The highest BCUT2D eigenvalue weighted by molar-refractivity contribution is 7.91. The summed E-state index contributed by atoms with van der Waals surface area (Å²) in [5, 5.41) is 3.81. The Labute approximate surface area is 140 Å². The van der Waals surface area contributed by atoms with Crippen LogP contribution >= 0.6 is 0 Å². The van der Waals surface area contributed by atoms with E-state index in [4.69, 9.17) is 4.52 Å². The maximum atomic E-state index is 12.6. The standard InChI is InChI=1S/C16H19N3O4S/c1-10(15-11(2)17-23-12(15)3)16(20)18-24(21,22)19-9-8-13-6-4-5-7-14(13)19/h4-7,10H,8-9H2,1-3H3,(H,18,20)/t10-/m1/s1. The van der Waals surface area contributed by atoms with Crippen LogP contribution in [0.2, 0.25) is 0 Å². The first-order valence-corrected chi connectivity index (χ1v) is 9.10. The Balaban J connectivity index is 1.82. The van der Waals surface area contributed by atoms with Gasteiger partial charge in [-0.15, -0.1) is 0 Å². The molecule has 1 atom stereocenters. The number of nitrogens with zero attached hydrogens (tertiary/aromatic N) is 2. The largest absolute Gasteiger partial charge is 0.361 e. The number of aryl methyl sites for hydroxylation is 2. The van der Waals surface area contributed by atoms with Crippen LogP contribution in [0.15, 0.2) is 28.8 Å². The number of carbonyl (C=O) groups is 1. The van der Waals surface area contributed by atoms with Crippen LogP contribution in [0.1, 0.15) is 35.4 Å². The zero-order chi connectivity index (χ0) is 17.5. The first kappa shape index (κ1) is 16.5. The number of hydrogen-bond acceptors (Lipinski definition) is 5. The molecule has 0 spiro atoms. The molecule has 0 aliphatic carbocycles. The Morgan fingerprint density at radius 3 is 2.71 bits per heavy atom. The third-order valence-corrected chi connectivity index (χ3v) is 5.70. The summed E-state index contributed by atoms with van der Waals surface area (Å²) in [6, 6.07) is 7.27. The van der Waals surface area contributed by atoms with Gasteiger partial charge in [0.2, 0.25) is 5.91 Å². The second-order valence-corrected chi connectivity index (χ2v) is 7.48. The Hall–Kier alpha value is -2.35. The molecule has 1 aromatic carbocycles. The van der Waals surface area contributed by atoms with Gasteiger partial charge >= 0.3 is 10.2 Å². The van der Waals surface area contributed by atoms with E-state index in [2.05, 4.69) is 9.88 Å². The molecule has 1 aliphatic rings. The number of aromatic nitrogens is 1. The van der Waals surface area contributed by atoms with Crippen molar-refractivity contribution >= 4 is 21.8 Å². The number of rotatable bonds is 4. The molecule has 0 saturated carbocycles. The van der Waals surface area contributed by atoms with Crippen molar-refractivity contribution in [2.75, 3.05) is 10.8 Å². The predicted molar refractivity (Wildman–Crippen MR) is 88.9 cm³/mol. The fourth-order valence-corrected chi connectivity index (χ4v) is 4.38. The third-order valence-electron chi connectivity index (χ3n) is 4.28. The highest BCUT2D eigenvalue weighted by atomic mass is 32.2. The van der Waals surface area contributed by atoms with Crippen molar-refractivity contribution in [3.05, 3.63) is 46.8 Å². The van der Waals surface area contributed by atoms with Gasteiger partial charge in [-0.05, 0) is 38.8 Å². The molecule has 0 fully saturated rings. The molecule has 3 rings (SSSR count). The molecule has 24 heavy (non-hydrogen) atoms. The van der Waals surface area contributed by atoms with Crippen LogP contribution in [-0.4, -0.2) is 26.0 Å². The van der Waals surface area contributed by atoms with Crippen LogP contribution in [0.3, 0.4) is 0 Å². The minimum atomic E-state index is -3.95. The van der Waals surface area contributed by atoms with E-state index in [1.165, 1.54) is 4.31 Å². The molecule has 0 saturated heterocycles. The third kappa shape index (κ3) is 2.77. The number of hydrogen-bond donors (Lipinski definition) is 1. The molecule has 1 aliphatic heterocycles. The minimum Gasteiger partial charge on any atom is -0.361 e. The van der Waals surface area contributed by atoms with Crippen molar-refractivity contribution in [2.24, 2.45) is 0 Å². The SMILES string of the molecule is Cc1noc(C)c1[C@@H](C)C(=O)NS(=O)(=O)N1CCc2ccccc21. The van der Waals surface area contributed by atoms with Crippen molar-refractivity contribution in [3.8, 4) is 0 Å². The zero-order valence-electron chi connectivity index (χ0n) is 13.7. The quantitative estimate of drug-likeness (QED) is 0.909. The maximum absolute atomic E-state index is 12.6. The van der Waals surface area contributed by atoms with E-state index >= 15 is 0 Å². The van der Waals surface area contributed by atoms with Crippen LogP contribution < -0.4 is 9.03 Å². The fraction of sp³-hybridized carbons (Fsp3) is 0.375. The number of fused-ring (bicyclic) bond motifs is 1. The number of para-hydroxylation sites is 1. The van der Waals surface area contributed by atoms with Gasteiger partial charge < -0.3 is 4.52 Å². The Kier molecular flexibility index (Phi) is 4.08. The maximum Gasteiger partial charge on any atom is 0.326 e. The predicted octanol–water partition coefficient (Wildman–Crippen LogP) is 1.82. The summed E-state index contributed by atoms with van der Waals surface area (Å²) in [7, 11) is -3.95. The Morgan fingerprint density at radius 2 is 2.04 bits per heavy atom. The second-order valence-electron chi connectivity index (χ2n) is 5.88. The van der Waals surface area contributed by atoms with Crippen molar-refractivity contribution in [1.82, 2.24) is 9.88 Å². The molecular weight excluding hydrogens is 330 g/mol. The number of benzene rings is 1. The fourth-order valence-electron chi connectivity index (χ4n) is 3.07. The molecule has 0 bridgehead atoms. The van der Waals surface area contributed by atoms with Crippen LogP contribution in [0, 0.1) is 13.8 Å². The Morgan fingerprint density at radius 1 is 1.33 bits per heavy atom. The van der Waals surface area contributed by atoms with E-state index in [0.717, 1.165) is 5.56 Å². The summed E-state index contributed by atoms with van der Waals surface area (Å²) in [5.41, 5.74) is 2.76. The van der Waals surface area contributed by atoms with Gasteiger partial charge in [0.1, 0.15) is 5.76 Å². The number of anilines is 1. The van der Waals surface area contributed by atoms with Gasteiger partial charge in [0.05, 0.1) is 17.3 Å². The van der Waals surface area contributed by atoms with Gasteiger partial charge in [0, 0.05) is 12.1 Å². The second kappa shape index (κ2) is 5.94. The minimum absolute atomic E-state index is 0.321. The van der Waals surface area contributed by atoms with E-state index in [9.17, 15) is 13.2 Å². The van der Waals surface area contributed by atoms with Crippen LogP contribution in [0.5, 0.6) is 0 Å². The van der Waals surface area contributed by atoms with Gasteiger partial charge in [-0.2, -0.15) is 8.42 Å². The summed E-state index contributed by atoms with van der Waals surface area (Å²) in [6.45, 7) is 5.38. The highest BCUT2D eigenvalue weighted by Crippen LogP contribution is 2.30. The van der Waals surface area contributed by atoms with Gasteiger partial charge in [-0.3, -0.25) is 9.10 Å². The summed E-state index contributed by atoms with van der Waals surface area (Å²) >= 11 is 0. The zero-order valence-corrected chi connectivity index (χ0v) is 14.6. The van der Waals surface area contributed by atoms with Crippen LogP contribution in [0.25, 0.3) is 0 Å². The van der Waals surface area contributed by atoms with Gasteiger partial charge in [-0.25, -0.2) is 4.72 Å². The molecule has 1 N–H and O–H groups in total. The summed E-state index contributed by atoms with van der Waals surface area (Å²) < 4.78 is 33.7. The van der Waals surface area contributed by atoms with Crippen molar-refractivity contribution in [2.45, 2.75) is 33.1 Å². The van der Waals surface area contributed by atoms with Crippen LogP contribution in [-0.2, 0) is 21.4 Å². The normalized spacial score (nSPS) is 15.2. The van der Waals surface area contributed by atoms with E-state index in [-0.39, 0.29) is 0 Å². The lowest BCUT2D eigenvalue weighted by Crippen LogP contribution is -2.44. The number of carbonyl (C=O) groups excluding carboxylic acids is 1. The van der Waals surface area contributed by atoms with Crippen molar-refractivity contribution in [3.63, 3.8) is 0 Å². The molecule has 8 heteroatoms. The van der Waals surface area contributed by atoms with Crippen LogP contribution in [0.4, 0.5) is 5.69 Å². The average Bonchev–Trinajstić information content (AvgIpc) is 3.10. The lowest BCUT2D eigenvalue weighted by molar-refractivity contribution is -0.120. The van der Waals surface area contributed by atoms with Gasteiger partial charge in [-0.1, -0.05) is 23.4 Å². The number of amides is 1. The van der Waals surface area contributed by atoms with E-state index in [0.29, 0.717) is 35.7 Å². The smallest absolute Gasteiger partial charge is 0.326 e. The van der Waals surface area contributed by atoms with E-state index < -0.39 is 22.0 Å². The van der Waals surface area contributed by atoms with E-state index in [1.54, 1.807) is 32.9 Å². The summed E-state index contributed by atoms with van der Waals surface area (Å²) in [5.74, 6) is -0.767. The lowest BCUT2D eigenvalue weighted by atomic mass is 9.99. The van der Waals surface area contributed by atoms with E-state index in [1.807, 2.05) is 12.1 Å². The monoisotopic (exact) mass is 349 g/mol. The topological polar surface area (TPSA) is 92.5 Å². The molecule has 0 radical (unpaired) electrons. The molecule has 2 heterocycles. The first-order valence-electron chi connectivity index (χ1n) is 7.66. The summed E-state index contributed by atoms with van der Waals surface area (Å²) in [4.78, 5) is 12.4.